The molecule has 0 saturated heterocycles. The molecule has 66 valence electrons. The van der Waals surface area contributed by atoms with Gasteiger partial charge in [-0.15, -0.1) is 0 Å². The Hall–Kier alpha value is -0.850. The van der Waals surface area contributed by atoms with Gasteiger partial charge in [0.1, 0.15) is 6.54 Å². The van der Waals surface area contributed by atoms with Crippen LogP contribution < -0.4 is 4.57 Å². The average Bonchev–Trinajstić information content (AvgIpc) is 2.03. The third-order valence-corrected chi connectivity index (χ3v) is 2.28. The minimum atomic E-state index is 1.08. The van der Waals surface area contributed by atoms with Crippen molar-refractivity contribution in [2.24, 2.45) is 0 Å². The summed E-state index contributed by atoms with van der Waals surface area (Å²) in [5, 5.41) is 0. The number of rotatable bonds is 2. The normalized spacial score (nSPS) is 10.3. The van der Waals surface area contributed by atoms with Crippen LogP contribution in [-0.4, -0.2) is 0 Å². The molecule has 1 aromatic heterocycles. The van der Waals surface area contributed by atoms with E-state index >= 15 is 0 Å². The zero-order valence-corrected chi connectivity index (χ0v) is 8.52. The van der Waals surface area contributed by atoms with Gasteiger partial charge in [0.25, 0.3) is 0 Å². The van der Waals surface area contributed by atoms with Crippen molar-refractivity contribution < 1.29 is 4.57 Å². The number of aromatic nitrogens is 1. The highest BCUT2D eigenvalue weighted by Crippen LogP contribution is 2.02. The van der Waals surface area contributed by atoms with Gasteiger partial charge in [-0.2, -0.15) is 0 Å². The fourth-order valence-corrected chi connectivity index (χ4v) is 1.76. The zero-order valence-electron chi connectivity index (χ0n) is 8.52. The molecule has 0 aliphatic rings. The first-order valence-corrected chi connectivity index (χ1v) is 4.69. The lowest BCUT2D eigenvalue weighted by atomic mass is 10.1. The largest absolute Gasteiger partial charge is 0.200 e. The molecule has 1 heteroatoms. The first kappa shape index (κ1) is 9.24. The molecule has 0 saturated carbocycles. The molecular formula is C11H18N+. The Balaban J connectivity index is 3.24. The smallest absolute Gasteiger partial charge is 0.181 e. The number of aryl methyl sites for hydroxylation is 3. The van der Waals surface area contributed by atoms with Gasteiger partial charge in [-0.3, -0.25) is 0 Å². The zero-order chi connectivity index (χ0) is 9.14. The number of hydrogen-bond acceptors (Lipinski definition) is 0. The fourth-order valence-electron chi connectivity index (χ4n) is 1.76. The average molecular weight is 164 g/mol. The summed E-state index contributed by atoms with van der Waals surface area (Å²) in [5.74, 6) is 0. The Morgan fingerprint density at radius 2 is 1.83 bits per heavy atom. The van der Waals surface area contributed by atoms with Gasteiger partial charge in [-0.05, 0) is 19.4 Å². The summed E-state index contributed by atoms with van der Waals surface area (Å²) >= 11 is 0. The second-order valence-corrected chi connectivity index (χ2v) is 3.26. The van der Waals surface area contributed by atoms with Gasteiger partial charge >= 0.3 is 0 Å². The highest BCUT2D eigenvalue weighted by atomic mass is 15.0. The molecule has 0 amide bonds. The predicted octanol–water partition coefficient (Wildman–Crippen LogP) is 2.17. The van der Waals surface area contributed by atoms with Crippen molar-refractivity contribution in [3.63, 3.8) is 0 Å². The van der Waals surface area contributed by atoms with Crippen LogP contribution in [0.25, 0.3) is 0 Å². The summed E-state index contributed by atoms with van der Waals surface area (Å²) < 4.78 is 2.37. The highest BCUT2D eigenvalue weighted by Gasteiger charge is 2.10. The SMILES string of the molecule is CCc1cc(C)cc(C)[n+]1CC. The second-order valence-electron chi connectivity index (χ2n) is 3.26. The van der Waals surface area contributed by atoms with Crippen LogP contribution in [0, 0.1) is 13.8 Å². The van der Waals surface area contributed by atoms with E-state index in [4.69, 9.17) is 0 Å². The van der Waals surface area contributed by atoms with Crippen LogP contribution in [0.5, 0.6) is 0 Å². The molecule has 0 spiro atoms. The molecule has 1 aromatic rings. The van der Waals surface area contributed by atoms with Crippen molar-refractivity contribution >= 4 is 0 Å². The monoisotopic (exact) mass is 164 g/mol. The molecule has 0 aliphatic heterocycles. The van der Waals surface area contributed by atoms with Crippen molar-refractivity contribution in [1.82, 2.24) is 0 Å². The summed E-state index contributed by atoms with van der Waals surface area (Å²) in [6.07, 6.45) is 1.12. The Bertz CT molecular complexity index is 277. The molecule has 0 N–H and O–H groups in total. The molecule has 1 rings (SSSR count). The second kappa shape index (κ2) is 3.70. The third kappa shape index (κ3) is 1.66. The van der Waals surface area contributed by atoms with E-state index in [1.165, 1.54) is 17.0 Å². The van der Waals surface area contributed by atoms with E-state index in [-0.39, 0.29) is 0 Å². The Morgan fingerprint density at radius 1 is 1.17 bits per heavy atom. The van der Waals surface area contributed by atoms with Crippen LogP contribution in [-0.2, 0) is 13.0 Å². The first-order chi connectivity index (χ1) is 5.69. The van der Waals surface area contributed by atoms with Gasteiger partial charge in [0.2, 0.25) is 0 Å². The minimum Gasteiger partial charge on any atom is -0.200 e. The van der Waals surface area contributed by atoms with E-state index in [2.05, 4.69) is 44.4 Å². The topological polar surface area (TPSA) is 3.88 Å². The van der Waals surface area contributed by atoms with Crippen molar-refractivity contribution in [2.75, 3.05) is 0 Å². The van der Waals surface area contributed by atoms with Crippen LogP contribution >= 0.6 is 0 Å². The van der Waals surface area contributed by atoms with Crippen molar-refractivity contribution in [3.05, 3.63) is 29.1 Å². The molecule has 12 heavy (non-hydrogen) atoms. The van der Waals surface area contributed by atoms with Crippen molar-refractivity contribution in [2.45, 2.75) is 40.7 Å². The lowest BCUT2D eigenvalue weighted by Gasteiger charge is -2.04. The van der Waals surface area contributed by atoms with E-state index < -0.39 is 0 Å². The van der Waals surface area contributed by atoms with E-state index in [1.807, 2.05) is 0 Å². The van der Waals surface area contributed by atoms with Crippen LogP contribution in [0.15, 0.2) is 12.1 Å². The number of nitrogens with zero attached hydrogens (tertiary/aromatic N) is 1. The summed E-state index contributed by atoms with van der Waals surface area (Å²) in [6, 6.07) is 4.51. The minimum absolute atomic E-state index is 1.08. The molecule has 0 fully saturated rings. The van der Waals surface area contributed by atoms with Crippen molar-refractivity contribution in [3.8, 4) is 0 Å². The Morgan fingerprint density at radius 3 is 2.33 bits per heavy atom. The van der Waals surface area contributed by atoms with Gasteiger partial charge in [0, 0.05) is 25.5 Å². The van der Waals surface area contributed by atoms with E-state index in [0.717, 1.165) is 13.0 Å². The summed E-state index contributed by atoms with van der Waals surface area (Å²) in [6.45, 7) is 9.82. The van der Waals surface area contributed by atoms with Gasteiger partial charge in [0.05, 0.1) is 0 Å². The summed E-state index contributed by atoms with van der Waals surface area (Å²) in [4.78, 5) is 0. The number of pyridine rings is 1. The van der Waals surface area contributed by atoms with E-state index in [0.29, 0.717) is 0 Å². The molecule has 0 bridgehead atoms. The van der Waals surface area contributed by atoms with Crippen LogP contribution in [0.2, 0.25) is 0 Å². The van der Waals surface area contributed by atoms with Crippen LogP contribution in [0.4, 0.5) is 0 Å². The lowest BCUT2D eigenvalue weighted by molar-refractivity contribution is -0.706. The molecule has 0 radical (unpaired) electrons. The predicted molar refractivity (Wildman–Crippen MR) is 51.2 cm³/mol. The van der Waals surface area contributed by atoms with Gasteiger partial charge in [-0.1, -0.05) is 6.92 Å². The molecule has 0 aliphatic carbocycles. The van der Waals surface area contributed by atoms with Gasteiger partial charge in [0.15, 0.2) is 11.4 Å². The molecule has 0 aromatic carbocycles. The van der Waals surface area contributed by atoms with E-state index in [9.17, 15) is 0 Å². The maximum absolute atomic E-state index is 2.37. The quantitative estimate of drug-likeness (QED) is 0.590. The first-order valence-electron chi connectivity index (χ1n) is 4.69. The maximum atomic E-state index is 2.37. The molecule has 1 heterocycles. The van der Waals surface area contributed by atoms with Gasteiger partial charge < -0.3 is 0 Å². The summed E-state index contributed by atoms with van der Waals surface area (Å²) in [7, 11) is 0. The molecular weight excluding hydrogens is 146 g/mol. The van der Waals surface area contributed by atoms with Gasteiger partial charge in [-0.25, -0.2) is 4.57 Å². The van der Waals surface area contributed by atoms with Crippen molar-refractivity contribution in [1.29, 1.82) is 0 Å². The van der Waals surface area contributed by atoms with Crippen LogP contribution in [0.3, 0.4) is 0 Å². The highest BCUT2D eigenvalue weighted by molar-refractivity contribution is 5.14. The summed E-state index contributed by atoms with van der Waals surface area (Å²) in [5.41, 5.74) is 4.18. The standard InChI is InChI=1S/C11H18N/c1-5-11-8-9(3)7-10(4)12(11)6-2/h7-8H,5-6H2,1-4H3/q+1. The maximum Gasteiger partial charge on any atom is 0.181 e. The Kier molecular flexibility index (Phi) is 2.85. The molecule has 0 unspecified atom stereocenters. The third-order valence-electron chi connectivity index (χ3n) is 2.28. The Labute approximate surface area is 75.1 Å². The lowest BCUT2D eigenvalue weighted by Crippen LogP contribution is -2.40. The van der Waals surface area contributed by atoms with E-state index in [1.54, 1.807) is 0 Å². The number of hydrogen-bond donors (Lipinski definition) is 0. The molecule has 1 nitrogen and oxygen atoms in total. The molecule has 0 atom stereocenters. The van der Waals surface area contributed by atoms with Crippen LogP contribution in [0.1, 0.15) is 30.8 Å². The fraction of sp³-hybridized carbons (Fsp3) is 0.545.